The molecule has 0 saturated carbocycles. The van der Waals surface area contributed by atoms with Crippen molar-refractivity contribution in [3.05, 3.63) is 64.9 Å². The van der Waals surface area contributed by atoms with Crippen LogP contribution in [0.2, 0.25) is 5.02 Å². The van der Waals surface area contributed by atoms with Crippen molar-refractivity contribution in [2.45, 2.75) is 0 Å². The number of carboxylic acid groups (broad SMARTS) is 1. The summed E-state index contributed by atoms with van der Waals surface area (Å²) < 4.78 is 13.9. The van der Waals surface area contributed by atoms with E-state index < -0.39 is 11.8 Å². The molecule has 21 heavy (non-hydrogen) atoms. The lowest BCUT2D eigenvalue weighted by Gasteiger charge is -2.09. The van der Waals surface area contributed by atoms with Crippen molar-refractivity contribution < 1.29 is 14.3 Å². The third kappa shape index (κ3) is 2.34. The van der Waals surface area contributed by atoms with Gasteiger partial charge in [0.1, 0.15) is 5.82 Å². The van der Waals surface area contributed by atoms with E-state index in [1.54, 1.807) is 36.4 Å². The number of aromatic nitrogens is 1. The maximum atomic E-state index is 13.9. The average molecular weight is 302 g/mol. The highest BCUT2D eigenvalue weighted by molar-refractivity contribution is 6.36. The lowest BCUT2D eigenvalue weighted by atomic mass is 10.0. The molecule has 0 fully saturated rings. The Kier molecular flexibility index (Phi) is 3.31. The molecule has 3 rings (SSSR count). The molecule has 104 valence electrons. The van der Waals surface area contributed by atoms with Crippen LogP contribution in [0.1, 0.15) is 10.4 Å². The molecule has 5 heteroatoms. The molecule has 2 aromatic carbocycles. The summed E-state index contributed by atoms with van der Waals surface area (Å²) in [6.45, 7) is 0. The van der Waals surface area contributed by atoms with Gasteiger partial charge in [-0.25, -0.2) is 14.2 Å². The molecule has 3 aromatic rings. The predicted molar refractivity (Wildman–Crippen MR) is 79.1 cm³/mol. The van der Waals surface area contributed by atoms with Crippen LogP contribution in [0.15, 0.2) is 48.5 Å². The van der Waals surface area contributed by atoms with Gasteiger partial charge in [0.15, 0.2) is 0 Å². The molecule has 1 aromatic heterocycles. The quantitative estimate of drug-likeness (QED) is 0.763. The number of fused-ring (bicyclic) bond motifs is 1. The van der Waals surface area contributed by atoms with Crippen molar-refractivity contribution in [2.24, 2.45) is 0 Å². The maximum Gasteiger partial charge on any atom is 0.336 e. The maximum absolute atomic E-state index is 13.9. The van der Waals surface area contributed by atoms with Gasteiger partial charge in [-0.15, -0.1) is 0 Å². The summed E-state index contributed by atoms with van der Waals surface area (Å²) in [5.74, 6) is -1.59. The Labute approximate surface area is 124 Å². The fourth-order valence-electron chi connectivity index (χ4n) is 2.22. The van der Waals surface area contributed by atoms with Gasteiger partial charge < -0.3 is 5.11 Å². The standard InChI is InChI=1S/C16H9ClFNO2/c17-11-5-3-7-13-15(11)10(16(20)21)8-14(19-13)9-4-1-2-6-12(9)18/h1-8H,(H,20,21). The van der Waals surface area contributed by atoms with E-state index in [-0.39, 0.29) is 16.8 Å². The van der Waals surface area contributed by atoms with Crippen molar-refractivity contribution in [3.8, 4) is 11.3 Å². The zero-order valence-electron chi connectivity index (χ0n) is 10.7. The molecule has 0 bridgehead atoms. The van der Waals surface area contributed by atoms with Gasteiger partial charge >= 0.3 is 5.97 Å². The Balaban J connectivity index is 2.37. The van der Waals surface area contributed by atoms with Crippen LogP contribution in [0.3, 0.4) is 0 Å². The van der Waals surface area contributed by atoms with Crippen LogP contribution in [-0.2, 0) is 0 Å². The summed E-state index contributed by atoms with van der Waals surface area (Å²) in [5, 5.41) is 10.0. The van der Waals surface area contributed by atoms with Crippen LogP contribution in [0, 0.1) is 5.82 Å². The number of pyridine rings is 1. The van der Waals surface area contributed by atoms with Gasteiger partial charge in [0.2, 0.25) is 0 Å². The van der Waals surface area contributed by atoms with E-state index in [0.717, 1.165) is 0 Å². The van der Waals surface area contributed by atoms with Crippen molar-refractivity contribution in [2.75, 3.05) is 0 Å². The molecule has 0 spiro atoms. The SMILES string of the molecule is O=C(O)c1cc(-c2ccccc2F)nc2cccc(Cl)c12. The largest absolute Gasteiger partial charge is 0.478 e. The van der Waals surface area contributed by atoms with Crippen LogP contribution in [0.25, 0.3) is 22.2 Å². The van der Waals surface area contributed by atoms with Gasteiger partial charge in [-0.3, -0.25) is 0 Å². The topological polar surface area (TPSA) is 50.2 Å². The second-order valence-corrected chi connectivity index (χ2v) is 4.88. The molecule has 0 aliphatic carbocycles. The summed E-state index contributed by atoms with van der Waals surface area (Å²) in [4.78, 5) is 15.8. The Morgan fingerprint density at radius 1 is 1.14 bits per heavy atom. The Bertz CT molecular complexity index is 864. The number of benzene rings is 2. The molecule has 0 amide bonds. The first-order valence-electron chi connectivity index (χ1n) is 6.15. The fourth-order valence-corrected chi connectivity index (χ4v) is 2.49. The summed E-state index contributed by atoms with van der Waals surface area (Å²) in [7, 11) is 0. The van der Waals surface area contributed by atoms with Gasteiger partial charge in [-0.2, -0.15) is 0 Å². The monoisotopic (exact) mass is 301 g/mol. The molecule has 0 saturated heterocycles. The molecule has 1 N–H and O–H groups in total. The first kappa shape index (κ1) is 13.5. The van der Waals surface area contributed by atoms with E-state index in [4.69, 9.17) is 11.6 Å². The van der Waals surface area contributed by atoms with Gasteiger partial charge in [0.25, 0.3) is 0 Å². The minimum atomic E-state index is -1.13. The number of rotatable bonds is 2. The highest BCUT2D eigenvalue weighted by Gasteiger charge is 2.16. The number of hydrogen-bond donors (Lipinski definition) is 1. The summed E-state index contributed by atoms with van der Waals surface area (Å²) in [6, 6.07) is 12.4. The van der Waals surface area contributed by atoms with E-state index in [1.807, 2.05) is 0 Å². The van der Waals surface area contributed by atoms with Crippen molar-refractivity contribution in [1.82, 2.24) is 4.98 Å². The summed E-state index contributed by atoms with van der Waals surface area (Å²) in [5.41, 5.74) is 0.937. The van der Waals surface area contributed by atoms with E-state index in [2.05, 4.69) is 4.98 Å². The minimum Gasteiger partial charge on any atom is -0.478 e. The van der Waals surface area contributed by atoms with Gasteiger partial charge in [-0.05, 0) is 30.3 Å². The molecule has 0 atom stereocenters. The first-order chi connectivity index (χ1) is 10.1. The highest BCUT2D eigenvalue weighted by Crippen LogP contribution is 2.30. The van der Waals surface area contributed by atoms with Crippen molar-refractivity contribution in [1.29, 1.82) is 0 Å². The van der Waals surface area contributed by atoms with E-state index in [0.29, 0.717) is 15.9 Å². The second-order valence-electron chi connectivity index (χ2n) is 4.47. The molecule has 0 radical (unpaired) electrons. The Hall–Kier alpha value is -2.46. The van der Waals surface area contributed by atoms with E-state index >= 15 is 0 Å². The number of hydrogen-bond acceptors (Lipinski definition) is 2. The third-order valence-corrected chi connectivity index (χ3v) is 3.48. The smallest absolute Gasteiger partial charge is 0.336 e. The molecule has 0 aliphatic rings. The molecule has 0 unspecified atom stereocenters. The molecular formula is C16H9ClFNO2. The van der Waals surface area contributed by atoms with Crippen molar-refractivity contribution in [3.63, 3.8) is 0 Å². The molecular weight excluding hydrogens is 293 g/mol. The van der Waals surface area contributed by atoms with E-state index in [9.17, 15) is 14.3 Å². The van der Waals surface area contributed by atoms with Gasteiger partial charge in [-0.1, -0.05) is 29.8 Å². The zero-order chi connectivity index (χ0) is 15.0. The molecule has 0 aliphatic heterocycles. The lowest BCUT2D eigenvalue weighted by molar-refractivity contribution is 0.0699. The minimum absolute atomic E-state index is 0.00357. The number of carbonyl (C=O) groups is 1. The highest BCUT2D eigenvalue weighted by atomic mass is 35.5. The average Bonchev–Trinajstić information content (AvgIpc) is 2.46. The van der Waals surface area contributed by atoms with Crippen LogP contribution in [-0.4, -0.2) is 16.1 Å². The Morgan fingerprint density at radius 2 is 1.90 bits per heavy atom. The van der Waals surface area contributed by atoms with Gasteiger partial charge in [0.05, 0.1) is 21.8 Å². The number of halogens is 2. The van der Waals surface area contributed by atoms with E-state index in [1.165, 1.54) is 12.1 Å². The number of carboxylic acids is 1. The first-order valence-corrected chi connectivity index (χ1v) is 6.53. The normalized spacial score (nSPS) is 10.8. The van der Waals surface area contributed by atoms with Crippen LogP contribution in [0.4, 0.5) is 4.39 Å². The number of aromatic carboxylic acids is 1. The zero-order valence-corrected chi connectivity index (χ0v) is 11.4. The summed E-state index contributed by atoms with van der Waals surface area (Å²) in [6.07, 6.45) is 0. The van der Waals surface area contributed by atoms with Crippen LogP contribution < -0.4 is 0 Å². The second kappa shape index (κ2) is 5.14. The van der Waals surface area contributed by atoms with Crippen LogP contribution in [0.5, 0.6) is 0 Å². The predicted octanol–water partition coefficient (Wildman–Crippen LogP) is 4.39. The summed E-state index contributed by atoms with van der Waals surface area (Å²) >= 11 is 6.06. The lowest BCUT2D eigenvalue weighted by Crippen LogP contribution is -2.01. The number of nitrogens with zero attached hydrogens (tertiary/aromatic N) is 1. The fraction of sp³-hybridized carbons (Fsp3) is 0. The van der Waals surface area contributed by atoms with Gasteiger partial charge in [0, 0.05) is 10.9 Å². The van der Waals surface area contributed by atoms with Crippen molar-refractivity contribution >= 4 is 28.5 Å². The van der Waals surface area contributed by atoms with Crippen LogP contribution >= 0.6 is 11.6 Å². The Morgan fingerprint density at radius 3 is 2.62 bits per heavy atom. The molecule has 3 nitrogen and oxygen atoms in total. The molecule has 1 heterocycles. The third-order valence-electron chi connectivity index (χ3n) is 3.16.